The highest BCUT2D eigenvalue weighted by Crippen LogP contribution is 2.29. The molecule has 1 aliphatic carbocycles. The Morgan fingerprint density at radius 2 is 1.52 bits per heavy atom. The van der Waals surface area contributed by atoms with E-state index in [1.165, 1.54) is 25.7 Å². The molecule has 0 aromatic heterocycles. The first-order chi connectivity index (χ1) is 12.1. The number of rotatable bonds is 10. The molecule has 1 aromatic carbocycles. The van der Waals surface area contributed by atoms with E-state index in [-0.39, 0.29) is 5.78 Å². The van der Waals surface area contributed by atoms with E-state index in [9.17, 15) is 4.79 Å². The molecule has 2 rings (SSSR count). The van der Waals surface area contributed by atoms with Gasteiger partial charge in [-0.05, 0) is 74.3 Å². The SMILES string of the molecule is C=C(C)C(=O)CCOc1ccc(OCC2CCC(COC)CC2)cc1. The fourth-order valence-electron chi connectivity index (χ4n) is 3.12. The van der Waals surface area contributed by atoms with Crippen molar-refractivity contribution < 1.29 is 19.0 Å². The van der Waals surface area contributed by atoms with E-state index in [0.29, 0.717) is 24.5 Å². The molecule has 1 fully saturated rings. The van der Waals surface area contributed by atoms with Gasteiger partial charge in [-0.2, -0.15) is 0 Å². The minimum atomic E-state index is 0.0418. The summed E-state index contributed by atoms with van der Waals surface area (Å²) in [6.45, 7) is 7.38. The second kappa shape index (κ2) is 10.2. The number of carbonyl (C=O) groups is 1. The molecular formula is C21H30O4. The lowest BCUT2D eigenvalue weighted by atomic mass is 9.83. The van der Waals surface area contributed by atoms with E-state index in [1.807, 2.05) is 24.3 Å². The van der Waals surface area contributed by atoms with Gasteiger partial charge in [0, 0.05) is 20.1 Å². The monoisotopic (exact) mass is 346 g/mol. The van der Waals surface area contributed by atoms with Crippen LogP contribution < -0.4 is 9.47 Å². The molecule has 1 aliphatic rings. The molecule has 0 bridgehead atoms. The first-order valence-corrected chi connectivity index (χ1v) is 9.11. The standard InChI is InChI=1S/C21H30O4/c1-16(2)21(22)12-13-24-19-8-10-20(11-9-19)25-15-18-6-4-17(5-7-18)14-23-3/h8-11,17-18H,1,4-7,12-15H2,2-3H3. The molecule has 0 atom stereocenters. The van der Waals surface area contributed by atoms with E-state index in [4.69, 9.17) is 14.2 Å². The van der Waals surface area contributed by atoms with E-state index in [0.717, 1.165) is 30.6 Å². The number of hydrogen-bond acceptors (Lipinski definition) is 4. The zero-order valence-corrected chi connectivity index (χ0v) is 15.5. The van der Waals surface area contributed by atoms with E-state index >= 15 is 0 Å². The predicted molar refractivity (Wildman–Crippen MR) is 99.2 cm³/mol. The molecule has 4 nitrogen and oxygen atoms in total. The Morgan fingerprint density at radius 1 is 1.00 bits per heavy atom. The van der Waals surface area contributed by atoms with Crippen molar-refractivity contribution in [1.82, 2.24) is 0 Å². The lowest BCUT2D eigenvalue weighted by Crippen LogP contribution is -2.22. The van der Waals surface area contributed by atoms with Crippen molar-refractivity contribution >= 4 is 5.78 Å². The molecule has 1 aromatic rings. The maximum absolute atomic E-state index is 11.5. The lowest BCUT2D eigenvalue weighted by Gasteiger charge is -2.27. The normalized spacial score (nSPS) is 20.1. The van der Waals surface area contributed by atoms with Crippen LogP contribution >= 0.6 is 0 Å². The fourth-order valence-corrected chi connectivity index (χ4v) is 3.12. The number of ether oxygens (including phenoxy) is 3. The smallest absolute Gasteiger partial charge is 0.161 e. The van der Waals surface area contributed by atoms with Crippen molar-refractivity contribution in [2.45, 2.75) is 39.0 Å². The third-order valence-electron chi connectivity index (χ3n) is 4.75. The second-order valence-corrected chi connectivity index (χ2v) is 6.93. The Bertz CT molecular complexity index is 542. The first-order valence-electron chi connectivity index (χ1n) is 9.11. The minimum Gasteiger partial charge on any atom is -0.493 e. The Hall–Kier alpha value is -1.81. The average Bonchev–Trinajstić information content (AvgIpc) is 2.62. The molecule has 0 aliphatic heterocycles. The van der Waals surface area contributed by atoms with Gasteiger partial charge in [0.1, 0.15) is 11.5 Å². The molecule has 0 amide bonds. The Labute approximate surface area is 151 Å². The summed E-state index contributed by atoms with van der Waals surface area (Å²) in [5, 5.41) is 0. The predicted octanol–water partition coefficient (Wildman–Crippen LogP) is 4.43. The van der Waals surface area contributed by atoms with Gasteiger partial charge in [0.2, 0.25) is 0 Å². The van der Waals surface area contributed by atoms with Gasteiger partial charge in [-0.3, -0.25) is 4.79 Å². The molecule has 0 radical (unpaired) electrons. The molecule has 1 saturated carbocycles. The summed E-state index contributed by atoms with van der Waals surface area (Å²) >= 11 is 0. The number of ketones is 1. The van der Waals surface area contributed by atoms with Crippen LogP contribution in [0.4, 0.5) is 0 Å². The largest absolute Gasteiger partial charge is 0.493 e. The highest BCUT2D eigenvalue weighted by atomic mass is 16.5. The van der Waals surface area contributed by atoms with Gasteiger partial charge in [-0.15, -0.1) is 0 Å². The van der Waals surface area contributed by atoms with Crippen molar-refractivity contribution in [3.8, 4) is 11.5 Å². The van der Waals surface area contributed by atoms with Gasteiger partial charge < -0.3 is 14.2 Å². The first kappa shape index (κ1) is 19.5. The summed E-state index contributed by atoms with van der Waals surface area (Å²) in [6.07, 6.45) is 5.26. The third kappa shape index (κ3) is 6.91. The van der Waals surface area contributed by atoms with Crippen LogP contribution in [-0.4, -0.2) is 32.7 Å². The number of methoxy groups -OCH3 is 1. The third-order valence-corrected chi connectivity index (χ3v) is 4.75. The lowest BCUT2D eigenvalue weighted by molar-refractivity contribution is -0.115. The molecule has 138 valence electrons. The van der Waals surface area contributed by atoms with Gasteiger partial charge in [0.15, 0.2) is 5.78 Å². The quantitative estimate of drug-likeness (QED) is 0.588. The fraction of sp³-hybridized carbons (Fsp3) is 0.571. The van der Waals surface area contributed by atoms with Crippen molar-refractivity contribution in [2.75, 3.05) is 26.9 Å². The summed E-state index contributed by atoms with van der Waals surface area (Å²) in [5.41, 5.74) is 0.573. The van der Waals surface area contributed by atoms with Crippen molar-refractivity contribution in [3.05, 3.63) is 36.4 Å². The number of allylic oxidation sites excluding steroid dienone is 1. The number of carbonyl (C=O) groups excluding carboxylic acids is 1. The van der Waals surface area contributed by atoms with Crippen molar-refractivity contribution in [2.24, 2.45) is 11.8 Å². The van der Waals surface area contributed by atoms with Crippen LogP contribution in [0.15, 0.2) is 36.4 Å². The molecule has 0 spiro atoms. The Morgan fingerprint density at radius 3 is 2.04 bits per heavy atom. The van der Waals surface area contributed by atoms with Gasteiger partial charge >= 0.3 is 0 Å². The highest BCUT2D eigenvalue weighted by molar-refractivity contribution is 5.94. The molecule has 0 N–H and O–H groups in total. The molecule has 0 unspecified atom stereocenters. The van der Waals surface area contributed by atoms with E-state index < -0.39 is 0 Å². The summed E-state index contributed by atoms with van der Waals surface area (Å²) in [7, 11) is 1.78. The number of Topliss-reactive ketones (excluding diaryl/α,β-unsaturated/α-hetero) is 1. The summed E-state index contributed by atoms with van der Waals surface area (Å²) < 4.78 is 16.7. The zero-order chi connectivity index (χ0) is 18.1. The van der Waals surface area contributed by atoms with Crippen LogP contribution in [0.2, 0.25) is 0 Å². The maximum Gasteiger partial charge on any atom is 0.161 e. The molecule has 0 heterocycles. The molecule has 25 heavy (non-hydrogen) atoms. The minimum absolute atomic E-state index is 0.0418. The van der Waals surface area contributed by atoms with Crippen LogP contribution in [0.25, 0.3) is 0 Å². The van der Waals surface area contributed by atoms with Gasteiger partial charge in [0.25, 0.3) is 0 Å². The molecular weight excluding hydrogens is 316 g/mol. The number of benzene rings is 1. The average molecular weight is 346 g/mol. The highest BCUT2D eigenvalue weighted by Gasteiger charge is 2.21. The van der Waals surface area contributed by atoms with Crippen LogP contribution in [0.3, 0.4) is 0 Å². The Kier molecular flexibility index (Phi) is 7.99. The summed E-state index contributed by atoms with van der Waals surface area (Å²) in [5.74, 6) is 3.01. The summed E-state index contributed by atoms with van der Waals surface area (Å²) in [4.78, 5) is 11.5. The second-order valence-electron chi connectivity index (χ2n) is 6.93. The molecule has 4 heteroatoms. The van der Waals surface area contributed by atoms with E-state index in [2.05, 4.69) is 6.58 Å². The van der Waals surface area contributed by atoms with Crippen LogP contribution in [0.5, 0.6) is 11.5 Å². The van der Waals surface area contributed by atoms with Crippen LogP contribution in [0.1, 0.15) is 39.0 Å². The maximum atomic E-state index is 11.5. The van der Waals surface area contributed by atoms with E-state index in [1.54, 1.807) is 14.0 Å². The van der Waals surface area contributed by atoms with Gasteiger partial charge in [0.05, 0.1) is 13.2 Å². The molecule has 0 saturated heterocycles. The van der Waals surface area contributed by atoms with Crippen LogP contribution in [0, 0.1) is 11.8 Å². The van der Waals surface area contributed by atoms with Gasteiger partial charge in [-0.25, -0.2) is 0 Å². The topological polar surface area (TPSA) is 44.8 Å². The van der Waals surface area contributed by atoms with Crippen molar-refractivity contribution in [3.63, 3.8) is 0 Å². The Balaban J connectivity index is 1.67. The number of hydrogen-bond donors (Lipinski definition) is 0. The summed E-state index contributed by atoms with van der Waals surface area (Å²) in [6, 6.07) is 7.62. The van der Waals surface area contributed by atoms with Crippen molar-refractivity contribution in [1.29, 1.82) is 0 Å². The van der Waals surface area contributed by atoms with Gasteiger partial charge in [-0.1, -0.05) is 6.58 Å². The van der Waals surface area contributed by atoms with Crippen LogP contribution in [-0.2, 0) is 9.53 Å². The zero-order valence-electron chi connectivity index (χ0n) is 15.5.